The van der Waals surface area contributed by atoms with Crippen molar-refractivity contribution in [2.24, 2.45) is 10.1 Å². The van der Waals surface area contributed by atoms with Crippen molar-refractivity contribution in [3.05, 3.63) is 39.9 Å². The number of carbonyl (C=O) groups excluding carboxylic acids is 1. The number of nitro benzene ring substituents is 1. The molecule has 1 aromatic rings. The molecule has 2 unspecified atom stereocenters. The number of urea groups is 1. The number of hydrogen-bond acceptors (Lipinski definition) is 7. The number of nitrogens with zero attached hydrogens (tertiary/aromatic N) is 5. The van der Waals surface area contributed by atoms with Crippen LogP contribution >= 0.6 is 0 Å². The number of aliphatic imine (C=N–C) groups is 1. The Morgan fingerprint density at radius 1 is 1.35 bits per heavy atom. The van der Waals surface area contributed by atoms with Crippen LogP contribution in [0, 0.1) is 10.1 Å². The number of carbonyl (C=O) groups is 1. The molecule has 0 spiro atoms. The number of fused-ring (bicyclic) bond motifs is 1. The topological polar surface area (TPSA) is 115 Å². The lowest BCUT2D eigenvalue weighted by molar-refractivity contribution is -0.384. The van der Waals surface area contributed by atoms with Gasteiger partial charge in [-0.3, -0.25) is 10.1 Å². The Bertz CT molecular complexity index is 700. The van der Waals surface area contributed by atoms with Crippen molar-refractivity contribution in [1.82, 2.24) is 20.5 Å². The van der Waals surface area contributed by atoms with Gasteiger partial charge in [-0.2, -0.15) is 5.10 Å². The SMILES string of the molecule is CN1C(=O)N(C)C2NC(N/N=C/c3ccc([N+](=O)[O-])cc3)=NC21. The van der Waals surface area contributed by atoms with E-state index in [4.69, 9.17) is 0 Å². The standard InChI is InChI=1S/C13H15N7O3/c1-18-10-11(19(2)13(18)21)16-12(15-10)17-14-7-8-3-5-9(6-4-8)20(22)23/h3-7,10-11H,1-2H3,(H2,15,16,17)/b14-7+. The Morgan fingerprint density at radius 3 is 2.65 bits per heavy atom. The number of nitro groups is 1. The molecule has 1 fully saturated rings. The average Bonchev–Trinajstić information content (AvgIpc) is 3.04. The normalized spacial score (nSPS) is 23.0. The molecule has 0 aliphatic carbocycles. The van der Waals surface area contributed by atoms with E-state index in [2.05, 4.69) is 20.8 Å². The van der Waals surface area contributed by atoms with Gasteiger partial charge in [0.2, 0.25) is 5.96 Å². The van der Waals surface area contributed by atoms with Crippen molar-refractivity contribution in [2.45, 2.75) is 12.3 Å². The molecule has 120 valence electrons. The highest BCUT2D eigenvalue weighted by Gasteiger charge is 2.45. The monoisotopic (exact) mass is 317 g/mol. The molecule has 2 heterocycles. The van der Waals surface area contributed by atoms with Crippen LogP contribution in [-0.4, -0.2) is 59.4 Å². The summed E-state index contributed by atoms with van der Waals surface area (Å²) in [4.78, 5) is 29.3. The zero-order valence-corrected chi connectivity index (χ0v) is 12.5. The molecule has 2 aliphatic heterocycles. The molecule has 2 aliphatic rings. The summed E-state index contributed by atoms with van der Waals surface area (Å²) in [6.07, 6.45) is 1.02. The van der Waals surface area contributed by atoms with Gasteiger partial charge in [0.1, 0.15) is 6.17 Å². The van der Waals surface area contributed by atoms with Gasteiger partial charge in [0.15, 0.2) is 6.17 Å². The number of benzene rings is 1. The summed E-state index contributed by atoms with van der Waals surface area (Å²) in [7, 11) is 3.40. The van der Waals surface area contributed by atoms with Gasteiger partial charge in [0.25, 0.3) is 5.69 Å². The van der Waals surface area contributed by atoms with Gasteiger partial charge in [-0.15, -0.1) is 0 Å². The van der Waals surface area contributed by atoms with E-state index in [9.17, 15) is 14.9 Å². The molecule has 10 nitrogen and oxygen atoms in total. The van der Waals surface area contributed by atoms with Crippen LogP contribution in [0.3, 0.4) is 0 Å². The van der Waals surface area contributed by atoms with Gasteiger partial charge in [0, 0.05) is 26.2 Å². The highest BCUT2D eigenvalue weighted by Crippen LogP contribution is 2.22. The van der Waals surface area contributed by atoms with E-state index in [1.807, 2.05) is 0 Å². The third-order valence-electron chi connectivity index (χ3n) is 3.73. The minimum absolute atomic E-state index is 0.0283. The number of hydrogen-bond donors (Lipinski definition) is 2. The van der Waals surface area contributed by atoms with Crippen LogP contribution in [0.1, 0.15) is 5.56 Å². The number of rotatable bonds is 3. The number of nitrogens with one attached hydrogen (secondary N) is 2. The molecular formula is C13H15N7O3. The van der Waals surface area contributed by atoms with Gasteiger partial charge in [-0.05, 0) is 17.7 Å². The number of likely N-dealkylation sites (N-methyl/N-ethyl adjacent to an activating group) is 2. The van der Waals surface area contributed by atoms with Crippen LogP contribution in [0.5, 0.6) is 0 Å². The fraction of sp³-hybridized carbons (Fsp3) is 0.308. The van der Waals surface area contributed by atoms with E-state index >= 15 is 0 Å². The lowest BCUT2D eigenvalue weighted by atomic mass is 10.2. The largest absolute Gasteiger partial charge is 0.331 e. The molecule has 2 N–H and O–H groups in total. The van der Waals surface area contributed by atoms with Gasteiger partial charge < -0.3 is 15.1 Å². The minimum Gasteiger partial charge on any atom is -0.331 e. The fourth-order valence-electron chi connectivity index (χ4n) is 2.44. The maximum atomic E-state index is 11.7. The van der Waals surface area contributed by atoms with Crippen LogP contribution in [-0.2, 0) is 0 Å². The van der Waals surface area contributed by atoms with Crippen molar-refractivity contribution in [3.63, 3.8) is 0 Å². The molecule has 0 aromatic heterocycles. The molecule has 2 atom stereocenters. The number of amides is 2. The van der Waals surface area contributed by atoms with Crippen molar-refractivity contribution >= 4 is 23.9 Å². The van der Waals surface area contributed by atoms with Gasteiger partial charge in [-0.1, -0.05) is 0 Å². The van der Waals surface area contributed by atoms with Crippen molar-refractivity contribution in [1.29, 1.82) is 0 Å². The number of hydrazone groups is 1. The molecule has 23 heavy (non-hydrogen) atoms. The van der Waals surface area contributed by atoms with Crippen molar-refractivity contribution < 1.29 is 9.72 Å². The summed E-state index contributed by atoms with van der Waals surface area (Å²) in [6, 6.07) is 5.92. The first-order valence-corrected chi connectivity index (χ1v) is 6.85. The zero-order chi connectivity index (χ0) is 16.6. The average molecular weight is 317 g/mol. The third kappa shape index (κ3) is 2.65. The second-order valence-corrected chi connectivity index (χ2v) is 5.20. The molecular weight excluding hydrogens is 302 g/mol. The number of guanidine groups is 1. The Hall–Kier alpha value is -3.17. The first-order chi connectivity index (χ1) is 11.0. The first kappa shape index (κ1) is 14.8. The maximum Gasteiger partial charge on any atom is 0.323 e. The Labute approximate surface area is 131 Å². The second-order valence-electron chi connectivity index (χ2n) is 5.20. The predicted octanol–water partition coefficient (Wildman–Crippen LogP) is 0.127. The second kappa shape index (κ2) is 5.55. The molecule has 1 saturated heterocycles. The molecule has 3 rings (SSSR count). The van der Waals surface area contributed by atoms with Crippen molar-refractivity contribution in [2.75, 3.05) is 14.1 Å². The Morgan fingerprint density at radius 2 is 2.04 bits per heavy atom. The van der Waals surface area contributed by atoms with Crippen LogP contribution in [0.4, 0.5) is 10.5 Å². The summed E-state index contributed by atoms with van der Waals surface area (Å²) < 4.78 is 0. The minimum atomic E-state index is -0.455. The Balaban J connectivity index is 1.61. The molecule has 0 saturated carbocycles. The van der Waals surface area contributed by atoms with Gasteiger partial charge in [0.05, 0.1) is 11.1 Å². The van der Waals surface area contributed by atoms with Gasteiger partial charge in [-0.25, -0.2) is 15.2 Å². The van der Waals surface area contributed by atoms with Gasteiger partial charge >= 0.3 is 6.03 Å². The highest BCUT2D eigenvalue weighted by molar-refractivity contribution is 5.88. The molecule has 2 amide bonds. The summed E-state index contributed by atoms with van der Waals surface area (Å²) in [6.45, 7) is 0. The molecule has 0 radical (unpaired) electrons. The smallest absolute Gasteiger partial charge is 0.323 e. The first-order valence-electron chi connectivity index (χ1n) is 6.85. The summed E-state index contributed by atoms with van der Waals surface area (Å²) in [5.41, 5.74) is 3.50. The molecule has 1 aromatic carbocycles. The molecule has 10 heteroatoms. The van der Waals surface area contributed by atoms with Crippen LogP contribution in [0.15, 0.2) is 34.4 Å². The van der Waals surface area contributed by atoms with E-state index in [-0.39, 0.29) is 24.1 Å². The quantitative estimate of drug-likeness (QED) is 0.467. The third-order valence-corrected chi connectivity index (χ3v) is 3.73. The zero-order valence-electron chi connectivity index (χ0n) is 12.5. The van der Waals surface area contributed by atoms with Crippen LogP contribution in [0.2, 0.25) is 0 Å². The Kier molecular flexibility index (Phi) is 3.56. The van der Waals surface area contributed by atoms with Crippen molar-refractivity contribution in [3.8, 4) is 0 Å². The van der Waals surface area contributed by atoms with Crippen LogP contribution < -0.4 is 10.7 Å². The predicted molar refractivity (Wildman–Crippen MR) is 82.9 cm³/mol. The number of non-ortho nitro benzene ring substituents is 1. The van der Waals surface area contributed by atoms with E-state index in [1.165, 1.54) is 18.3 Å². The van der Waals surface area contributed by atoms with E-state index < -0.39 is 4.92 Å². The van der Waals surface area contributed by atoms with E-state index in [0.29, 0.717) is 11.5 Å². The van der Waals surface area contributed by atoms with E-state index in [1.54, 1.807) is 36.0 Å². The lowest BCUT2D eigenvalue weighted by Gasteiger charge is -2.16. The summed E-state index contributed by atoms with van der Waals surface area (Å²) >= 11 is 0. The maximum absolute atomic E-state index is 11.7. The summed E-state index contributed by atoms with van der Waals surface area (Å²) in [5, 5.41) is 17.7. The summed E-state index contributed by atoms with van der Waals surface area (Å²) in [5.74, 6) is 0.462. The highest BCUT2D eigenvalue weighted by atomic mass is 16.6. The fourth-order valence-corrected chi connectivity index (χ4v) is 2.44. The van der Waals surface area contributed by atoms with E-state index in [0.717, 1.165) is 0 Å². The lowest BCUT2D eigenvalue weighted by Crippen LogP contribution is -2.45. The van der Waals surface area contributed by atoms with Crippen LogP contribution in [0.25, 0.3) is 0 Å². The molecule has 0 bridgehead atoms.